The van der Waals surface area contributed by atoms with E-state index in [4.69, 9.17) is 5.11 Å². The monoisotopic (exact) mass is 244 g/mol. The van der Waals surface area contributed by atoms with Gasteiger partial charge in [-0.1, -0.05) is 6.07 Å². The molecule has 0 aliphatic heterocycles. The van der Waals surface area contributed by atoms with Crippen molar-refractivity contribution in [1.82, 2.24) is 0 Å². The average Bonchev–Trinajstić information content (AvgIpc) is 2.35. The summed E-state index contributed by atoms with van der Waals surface area (Å²) in [6.07, 6.45) is 0. The molecule has 2 aromatic rings. The summed E-state index contributed by atoms with van der Waals surface area (Å²) in [5.41, 5.74) is 0.378. The maximum absolute atomic E-state index is 11.8. The Hall–Kier alpha value is -2.69. The van der Waals surface area contributed by atoms with Gasteiger partial charge >= 0.3 is 0 Å². The fourth-order valence-electron chi connectivity index (χ4n) is 1.38. The first kappa shape index (κ1) is 11.8. The van der Waals surface area contributed by atoms with E-state index in [0.29, 0.717) is 0 Å². The van der Waals surface area contributed by atoms with Crippen molar-refractivity contribution in [2.24, 2.45) is 0 Å². The Kier molecular flexibility index (Phi) is 3.05. The summed E-state index contributed by atoms with van der Waals surface area (Å²) in [5.74, 6) is -1.28. The molecule has 0 unspecified atom stereocenters. The maximum Gasteiger partial charge on any atom is 0.255 e. The van der Waals surface area contributed by atoms with Gasteiger partial charge in [-0.3, -0.25) is 4.79 Å². The number of carbonyl (C=O) groups excluding carboxylic acids is 1. The normalized spacial score (nSPS) is 10.0. The molecule has 91 valence electrons. The number of carbonyl (C=O) groups is 1. The van der Waals surface area contributed by atoms with Crippen LogP contribution in [0.15, 0.2) is 36.4 Å². The molecule has 0 heterocycles. The molecule has 0 aromatic heterocycles. The van der Waals surface area contributed by atoms with Crippen LogP contribution in [0.5, 0.6) is 17.2 Å². The highest BCUT2D eigenvalue weighted by atomic mass is 16.3. The molecule has 0 spiro atoms. The zero-order valence-electron chi connectivity index (χ0n) is 9.21. The van der Waals surface area contributed by atoms with Crippen LogP contribution >= 0.6 is 0 Å². The van der Waals surface area contributed by atoms with Crippen molar-refractivity contribution >= 4 is 11.6 Å². The molecule has 2 rings (SSSR count). The lowest BCUT2D eigenvalue weighted by atomic mass is 10.2. The van der Waals surface area contributed by atoms with E-state index in [1.165, 1.54) is 30.3 Å². The smallest absolute Gasteiger partial charge is 0.255 e. The van der Waals surface area contributed by atoms with Crippen LogP contribution < -0.4 is 5.32 Å². The first-order valence-corrected chi connectivity index (χ1v) is 5.10. The van der Waals surface area contributed by atoms with Crippen molar-refractivity contribution in [2.75, 3.05) is 5.32 Å². The largest absolute Gasteiger partial charge is 0.506 e. The second kappa shape index (κ2) is 4.67. The first-order valence-electron chi connectivity index (χ1n) is 5.10. The van der Waals surface area contributed by atoms with E-state index in [2.05, 4.69) is 11.4 Å². The number of hydrogen-bond donors (Lipinski definition) is 4. The van der Waals surface area contributed by atoms with E-state index in [1.807, 2.05) is 0 Å². The maximum atomic E-state index is 11.8. The van der Waals surface area contributed by atoms with Crippen molar-refractivity contribution in [3.05, 3.63) is 48.0 Å². The number of anilines is 1. The van der Waals surface area contributed by atoms with Gasteiger partial charge in [-0.05, 0) is 36.4 Å². The average molecular weight is 244 g/mol. The van der Waals surface area contributed by atoms with Crippen LogP contribution in [0.4, 0.5) is 5.69 Å². The Bertz CT molecular complexity index is 595. The minimum absolute atomic E-state index is 0.0786. The van der Waals surface area contributed by atoms with Gasteiger partial charge in [0, 0.05) is 5.56 Å². The number of hydrogen-bond acceptors (Lipinski definition) is 4. The Morgan fingerprint density at radius 1 is 1.06 bits per heavy atom. The molecule has 0 aliphatic rings. The first-order chi connectivity index (χ1) is 8.58. The standard InChI is InChI=1S/C13H10NO4/c15-10-4-2-1-3-9(10)14-13(18)8-5-6-11(16)12(17)7-8/h2-7,15-17H,(H,14,18). The Morgan fingerprint density at radius 2 is 1.83 bits per heavy atom. The molecule has 0 saturated carbocycles. The van der Waals surface area contributed by atoms with E-state index in [-0.39, 0.29) is 28.5 Å². The molecule has 0 fully saturated rings. The number of benzene rings is 2. The van der Waals surface area contributed by atoms with Crippen LogP contribution in [0.25, 0.3) is 0 Å². The molecule has 18 heavy (non-hydrogen) atoms. The highest BCUT2D eigenvalue weighted by molar-refractivity contribution is 6.05. The third-order valence-corrected chi connectivity index (χ3v) is 2.33. The second-order valence-corrected chi connectivity index (χ2v) is 3.60. The lowest BCUT2D eigenvalue weighted by Crippen LogP contribution is -2.11. The summed E-state index contributed by atoms with van der Waals surface area (Å²) < 4.78 is 0. The van der Waals surface area contributed by atoms with Crippen LogP contribution in [0, 0.1) is 6.07 Å². The van der Waals surface area contributed by atoms with Gasteiger partial charge in [0.2, 0.25) is 0 Å². The molecule has 1 radical (unpaired) electrons. The van der Waals surface area contributed by atoms with Crippen molar-refractivity contribution in [3.8, 4) is 17.2 Å². The molecule has 0 saturated heterocycles. The molecule has 0 aliphatic carbocycles. The Balaban J connectivity index is 2.22. The van der Waals surface area contributed by atoms with Gasteiger partial charge in [-0.15, -0.1) is 0 Å². The fraction of sp³-hybridized carbons (Fsp3) is 0. The summed E-state index contributed by atoms with van der Waals surface area (Å²) in [5, 5.41) is 30.4. The summed E-state index contributed by atoms with van der Waals surface area (Å²) in [6.45, 7) is 0. The molecule has 0 atom stereocenters. The molecule has 1 amide bonds. The van der Waals surface area contributed by atoms with Gasteiger partial charge in [0.25, 0.3) is 5.91 Å². The minimum Gasteiger partial charge on any atom is -0.506 e. The van der Waals surface area contributed by atoms with Crippen LogP contribution in [-0.4, -0.2) is 21.2 Å². The van der Waals surface area contributed by atoms with Gasteiger partial charge in [-0.25, -0.2) is 0 Å². The summed E-state index contributed by atoms with van der Waals surface area (Å²) >= 11 is 0. The summed E-state index contributed by atoms with van der Waals surface area (Å²) in [6, 6.07) is 10.7. The van der Waals surface area contributed by atoms with Crippen molar-refractivity contribution in [1.29, 1.82) is 0 Å². The quantitative estimate of drug-likeness (QED) is 0.607. The van der Waals surface area contributed by atoms with Crippen LogP contribution in [0.2, 0.25) is 0 Å². The van der Waals surface area contributed by atoms with Crippen LogP contribution in [-0.2, 0) is 0 Å². The highest BCUT2D eigenvalue weighted by Gasteiger charge is 2.10. The predicted molar refractivity (Wildman–Crippen MR) is 64.7 cm³/mol. The number of nitrogens with one attached hydrogen (secondary N) is 1. The number of amides is 1. The van der Waals surface area contributed by atoms with Crippen LogP contribution in [0.1, 0.15) is 10.4 Å². The molecular weight excluding hydrogens is 234 g/mol. The number of phenolic OH excluding ortho intramolecular Hbond substituents is 3. The molecule has 0 bridgehead atoms. The Morgan fingerprint density at radius 3 is 2.50 bits per heavy atom. The van der Waals surface area contributed by atoms with Crippen molar-refractivity contribution in [2.45, 2.75) is 0 Å². The Labute approximate surface area is 103 Å². The molecule has 4 N–H and O–H groups in total. The van der Waals surface area contributed by atoms with Gasteiger partial charge < -0.3 is 20.6 Å². The zero-order valence-corrected chi connectivity index (χ0v) is 9.21. The predicted octanol–water partition coefficient (Wildman–Crippen LogP) is 1.86. The van der Waals surface area contributed by atoms with E-state index in [1.54, 1.807) is 0 Å². The lowest BCUT2D eigenvalue weighted by molar-refractivity contribution is 0.102. The molecule has 2 aromatic carbocycles. The fourth-order valence-corrected chi connectivity index (χ4v) is 1.38. The van der Waals surface area contributed by atoms with Crippen molar-refractivity contribution in [3.63, 3.8) is 0 Å². The third-order valence-electron chi connectivity index (χ3n) is 2.33. The van der Waals surface area contributed by atoms with E-state index < -0.39 is 5.91 Å². The number of phenols is 3. The summed E-state index contributed by atoms with van der Waals surface area (Å²) in [4.78, 5) is 11.8. The number of aromatic hydroxyl groups is 3. The van der Waals surface area contributed by atoms with E-state index in [9.17, 15) is 15.0 Å². The van der Waals surface area contributed by atoms with Gasteiger partial charge in [0.05, 0.1) is 5.69 Å². The third kappa shape index (κ3) is 2.35. The lowest BCUT2D eigenvalue weighted by Gasteiger charge is -2.07. The molecule has 5 nitrogen and oxygen atoms in total. The van der Waals surface area contributed by atoms with Gasteiger partial charge in [0.15, 0.2) is 11.5 Å². The zero-order chi connectivity index (χ0) is 13.1. The van der Waals surface area contributed by atoms with Crippen LogP contribution in [0.3, 0.4) is 0 Å². The summed E-state index contributed by atoms with van der Waals surface area (Å²) in [7, 11) is 0. The minimum atomic E-state index is -0.514. The van der Waals surface area contributed by atoms with E-state index >= 15 is 0 Å². The van der Waals surface area contributed by atoms with Crippen molar-refractivity contribution < 1.29 is 20.1 Å². The molecular formula is C13H10NO4. The molecule has 5 heteroatoms. The SMILES string of the molecule is O=C(Nc1c[c]ccc1O)c1ccc(O)c(O)c1. The van der Waals surface area contributed by atoms with Gasteiger partial charge in [0.1, 0.15) is 5.75 Å². The second-order valence-electron chi connectivity index (χ2n) is 3.60. The van der Waals surface area contributed by atoms with E-state index in [0.717, 1.165) is 6.07 Å². The number of rotatable bonds is 2. The highest BCUT2D eigenvalue weighted by Crippen LogP contribution is 2.26. The topological polar surface area (TPSA) is 89.8 Å². The van der Waals surface area contributed by atoms with Gasteiger partial charge in [-0.2, -0.15) is 0 Å².